The van der Waals surface area contributed by atoms with E-state index in [2.05, 4.69) is 37.1 Å². The van der Waals surface area contributed by atoms with Crippen LogP contribution in [0.15, 0.2) is 36.5 Å². The Kier molecular flexibility index (Phi) is 4.32. The Hall–Kier alpha value is -3.17. The minimum absolute atomic E-state index is 0.191. The summed E-state index contributed by atoms with van der Waals surface area (Å²) < 4.78 is 9.60. The van der Waals surface area contributed by atoms with Gasteiger partial charge in [0.2, 0.25) is 0 Å². The van der Waals surface area contributed by atoms with Crippen molar-refractivity contribution in [2.45, 2.75) is 38.3 Å². The summed E-state index contributed by atoms with van der Waals surface area (Å²) in [6.45, 7) is 2.85. The number of nitrogens with zero attached hydrogens (tertiary/aromatic N) is 8. The van der Waals surface area contributed by atoms with Crippen molar-refractivity contribution in [2.75, 3.05) is 6.61 Å². The summed E-state index contributed by atoms with van der Waals surface area (Å²) in [7, 11) is 0. The minimum Gasteiger partial charge on any atom is -0.378 e. The molecule has 10 heteroatoms. The summed E-state index contributed by atoms with van der Waals surface area (Å²) in [6.07, 6.45) is 4.43. The van der Waals surface area contributed by atoms with Gasteiger partial charge in [-0.25, -0.2) is 4.98 Å². The summed E-state index contributed by atoms with van der Waals surface area (Å²) in [5, 5.41) is 17.7. The summed E-state index contributed by atoms with van der Waals surface area (Å²) >= 11 is 6.35. The molecule has 1 aromatic carbocycles. The fraction of sp³-hybridized carbons (Fsp3) is 0.333. The van der Waals surface area contributed by atoms with E-state index >= 15 is 0 Å². The molecule has 0 saturated carbocycles. The first-order valence-electron chi connectivity index (χ1n) is 10.3. The highest BCUT2D eigenvalue weighted by molar-refractivity contribution is 6.31. The zero-order chi connectivity index (χ0) is 20.9. The Morgan fingerprint density at radius 2 is 2.13 bits per heavy atom. The van der Waals surface area contributed by atoms with Gasteiger partial charge in [0, 0.05) is 23.1 Å². The molecule has 5 aromatic rings. The molecule has 9 nitrogen and oxygen atoms in total. The molecule has 6 rings (SSSR count). The van der Waals surface area contributed by atoms with Gasteiger partial charge in [-0.1, -0.05) is 11.6 Å². The molecule has 0 bridgehead atoms. The van der Waals surface area contributed by atoms with Gasteiger partial charge in [-0.05, 0) is 60.5 Å². The summed E-state index contributed by atoms with van der Waals surface area (Å²) in [4.78, 5) is 9.57. The number of benzene rings is 1. The SMILES string of the molecule is C[C@@H]1CC(n2c(Cc3ccc4nnnn4n3)nc3cnc4ccc(Cl)cc4c32)CCO1. The number of rotatable bonds is 3. The Labute approximate surface area is 182 Å². The van der Waals surface area contributed by atoms with Gasteiger partial charge < -0.3 is 9.30 Å². The Balaban J connectivity index is 1.56. The van der Waals surface area contributed by atoms with Crippen molar-refractivity contribution in [2.24, 2.45) is 0 Å². The van der Waals surface area contributed by atoms with Gasteiger partial charge in [0.05, 0.1) is 35.4 Å². The highest BCUT2D eigenvalue weighted by Gasteiger charge is 2.26. The molecule has 1 fully saturated rings. The second-order valence-electron chi connectivity index (χ2n) is 7.94. The zero-order valence-electron chi connectivity index (χ0n) is 16.8. The predicted octanol–water partition coefficient (Wildman–Crippen LogP) is 3.40. The number of aromatic nitrogens is 8. The third-order valence-electron chi connectivity index (χ3n) is 5.84. The van der Waals surface area contributed by atoms with Crippen molar-refractivity contribution in [3.8, 4) is 0 Å². The van der Waals surface area contributed by atoms with Crippen molar-refractivity contribution in [3.05, 3.63) is 53.1 Å². The molecule has 0 radical (unpaired) electrons. The number of hydrogen-bond acceptors (Lipinski definition) is 7. The van der Waals surface area contributed by atoms with E-state index in [1.54, 1.807) is 0 Å². The van der Waals surface area contributed by atoms with E-state index in [0.29, 0.717) is 17.1 Å². The van der Waals surface area contributed by atoms with E-state index in [1.165, 1.54) is 4.63 Å². The molecule has 4 aromatic heterocycles. The van der Waals surface area contributed by atoms with Gasteiger partial charge in [0.15, 0.2) is 5.65 Å². The van der Waals surface area contributed by atoms with Crippen LogP contribution in [0, 0.1) is 0 Å². The topological polar surface area (TPSA) is 95.9 Å². The third kappa shape index (κ3) is 3.21. The van der Waals surface area contributed by atoms with E-state index in [-0.39, 0.29) is 12.1 Å². The molecule has 31 heavy (non-hydrogen) atoms. The number of fused-ring (bicyclic) bond motifs is 4. The maximum absolute atomic E-state index is 6.35. The van der Waals surface area contributed by atoms with Crippen LogP contribution in [0.1, 0.15) is 37.3 Å². The van der Waals surface area contributed by atoms with Crippen LogP contribution in [0.2, 0.25) is 5.02 Å². The van der Waals surface area contributed by atoms with Crippen molar-refractivity contribution < 1.29 is 4.74 Å². The lowest BCUT2D eigenvalue weighted by atomic mass is 10.0. The van der Waals surface area contributed by atoms with Crippen molar-refractivity contribution >= 4 is 39.2 Å². The van der Waals surface area contributed by atoms with Crippen LogP contribution >= 0.6 is 11.6 Å². The molecule has 5 heterocycles. The zero-order valence-corrected chi connectivity index (χ0v) is 17.6. The van der Waals surface area contributed by atoms with Gasteiger partial charge in [-0.2, -0.15) is 5.10 Å². The quantitative estimate of drug-likeness (QED) is 0.429. The van der Waals surface area contributed by atoms with Crippen molar-refractivity contribution in [1.29, 1.82) is 0 Å². The molecule has 1 unspecified atom stereocenters. The van der Waals surface area contributed by atoms with Gasteiger partial charge in [0.25, 0.3) is 0 Å². The van der Waals surface area contributed by atoms with Crippen LogP contribution in [-0.4, -0.2) is 52.5 Å². The molecule has 0 amide bonds. The molecular formula is C21H19ClN8O. The van der Waals surface area contributed by atoms with Crippen LogP contribution in [0.3, 0.4) is 0 Å². The average molecular weight is 435 g/mol. The summed E-state index contributed by atoms with van der Waals surface area (Å²) in [6, 6.07) is 9.87. The smallest absolute Gasteiger partial charge is 0.199 e. The van der Waals surface area contributed by atoms with Crippen LogP contribution in [-0.2, 0) is 11.2 Å². The molecular weight excluding hydrogens is 416 g/mol. The third-order valence-corrected chi connectivity index (χ3v) is 6.07. The number of ether oxygens (including phenoxy) is 1. The first-order chi connectivity index (χ1) is 15.2. The van der Waals surface area contributed by atoms with Gasteiger partial charge in [0.1, 0.15) is 11.3 Å². The summed E-state index contributed by atoms with van der Waals surface area (Å²) in [5.74, 6) is 0.934. The monoisotopic (exact) mass is 434 g/mol. The largest absolute Gasteiger partial charge is 0.378 e. The molecule has 2 atom stereocenters. The minimum atomic E-state index is 0.191. The predicted molar refractivity (Wildman–Crippen MR) is 115 cm³/mol. The first kappa shape index (κ1) is 18.6. The Morgan fingerprint density at radius 1 is 1.19 bits per heavy atom. The lowest BCUT2D eigenvalue weighted by molar-refractivity contribution is 0.00630. The van der Waals surface area contributed by atoms with Crippen LogP contribution in [0.4, 0.5) is 0 Å². The molecule has 1 aliphatic rings. The van der Waals surface area contributed by atoms with Crippen molar-refractivity contribution in [3.63, 3.8) is 0 Å². The fourth-order valence-electron chi connectivity index (χ4n) is 4.47. The fourth-order valence-corrected chi connectivity index (χ4v) is 4.64. The highest BCUT2D eigenvalue weighted by Crippen LogP contribution is 2.34. The maximum atomic E-state index is 6.35. The number of pyridine rings is 1. The Morgan fingerprint density at radius 3 is 3.03 bits per heavy atom. The normalized spacial score (nSPS) is 19.5. The van der Waals surface area contributed by atoms with Crippen LogP contribution < -0.4 is 0 Å². The lowest BCUT2D eigenvalue weighted by Crippen LogP contribution is -2.26. The molecule has 156 valence electrons. The first-order valence-corrected chi connectivity index (χ1v) is 10.6. The number of tetrazole rings is 1. The van der Waals surface area contributed by atoms with E-state index in [4.69, 9.17) is 21.3 Å². The van der Waals surface area contributed by atoms with Gasteiger partial charge in [-0.3, -0.25) is 4.98 Å². The molecule has 0 aliphatic carbocycles. The standard InChI is InChI=1S/C21H19ClN8O/c1-12-8-15(6-7-31-12)29-20(10-14-3-5-19-25-27-28-30(19)26-14)24-18-11-23-17-4-2-13(22)9-16(17)21(18)29/h2-5,9,11-12,15H,6-8,10H2,1H3/t12-,15?/m1/s1. The lowest BCUT2D eigenvalue weighted by Gasteiger charge is -2.30. The molecule has 0 spiro atoms. The van der Waals surface area contributed by atoms with Crippen LogP contribution in [0.25, 0.3) is 27.6 Å². The summed E-state index contributed by atoms with van der Waals surface area (Å²) in [5.41, 5.74) is 4.27. The second kappa shape index (κ2) is 7.21. The van der Waals surface area contributed by atoms with Crippen molar-refractivity contribution in [1.82, 2.24) is 39.8 Å². The van der Waals surface area contributed by atoms with Crippen LogP contribution in [0.5, 0.6) is 0 Å². The maximum Gasteiger partial charge on any atom is 0.199 e. The highest BCUT2D eigenvalue weighted by atomic mass is 35.5. The average Bonchev–Trinajstić information content (AvgIpc) is 3.37. The second-order valence-corrected chi connectivity index (χ2v) is 8.38. The van der Waals surface area contributed by atoms with E-state index < -0.39 is 0 Å². The van der Waals surface area contributed by atoms with E-state index in [0.717, 1.165) is 52.9 Å². The number of hydrogen-bond donors (Lipinski definition) is 0. The Bertz CT molecular complexity index is 1430. The molecule has 1 saturated heterocycles. The molecule has 1 aliphatic heterocycles. The van der Waals surface area contributed by atoms with Gasteiger partial charge >= 0.3 is 0 Å². The number of halogens is 1. The van der Waals surface area contributed by atoms with E-state index in [9.17, 15) is 0 Å². The van der Waals surface area contributed by atoms with Gasteiger partial charge in [-0.15, -0.1) is 9.73 Å². The molecule has 0 N–H and O–H groups in total. The van der Waals surface area contributed by atoms with E-state index in [1.807, 2.05) is 36.5 Å². The number of imidazole rings is 1.